The first-order chi connectivity index (χ1) is 9.26. The summed E-state index contributed by atoms with van der Waals surface area (Å²) >= 11 is 0. The SMILES string of the molecule is C[C@H]1COCCN1Cc1ccc2cc(C=O)[nH]c2c1. The molecule has 1 atom stereocenters. The molecule has 19 heavy (non-hydrogen) atoms. The highest BCUT2D eigenvalue weighted by Gasteiger charge is 2.18. The van der Waals surface area contributed by atoms with Crippen LogP contribution in [0.15, 0.2) is 24.3 Å². The van der Waals surface area contributed by atoms with Crippen LogP contribution in [0.25, 0.3) is 10.9 Å². The number of hydrogen-bond donors (Lipinski definition) is 1. The predicted octanol–water partition coefficient (Wildman–Crippen LogP) is 2.20. The van der Waals surface area contributed by atoms with E-state index in [4.69, 9.17) is 4.74 Å². The van der Waals surface area contributed by atoms with E-state index in [1.165, 1.54) is 5.56 Å². The molecule has 1 aliphatic heterocycles. The van der Waals surface area contributed by atoms with E-state index in [0.29, 0.717) is 11.7 Å². The third-order valence-electron chi connectivity index (χ3n) is 3.73. The van der Waals surface area contributed by atoms with Crippen molar-refractivity contribution >= 4 is 17.2 Å². The number of benzene rings is 1. The van der Waals surface area contributed by atoms with Crippen molar-refractivity contribution in [3.63, 3.8) is 0 Å². The van der Waals surface area contributed by atoms with E-state index in [0.717, 1.165) is 43.5 Å². The Labute approximate surface area is 112 Å². The fourth-order valence-electron chi connectivity index (χ4n) is 2.59. The highest BCUT2D eigenvalue weighted by atomic mass is 16.5. The van der Waals surface area contributed by atoms with Crippen LogP contribution in [0.2, 0.25) is 0 Å². The van der Waals surface area contributed by atoms with Crippen LogP contribution in [0.3, 0.4) is 0 Å². The zero-order chi connectivity index (χ0) is 13.2. The molecule has 100 valence electrons. The van der Waals surface area contributed by atoms with Crippen molar-refractivity contribution in [1.29, 1.82) is 0 Å². The predicted molar refractivity (Wildman–Crippen MR) is 74.4 cm³/mol. The highest BCUT2D eigenvalue weighted by Crippen LogP contribution is 2.19. The van der Waals surface area contributed by atoms with E-state index in [9.17, 15) is 4.79 Å². The molecule has 0 bridgehead atoms. The van der Waals surface area contributed by atoms with Gasteiger partial charge in [-0.1, -0.05) is 12.1 Å². The lowest BCUT2D eigenvalue weighted by Crippen LogP contribution is -2.42. The maximum absolute atomic E-state index is 10.8. The molecule has 0 spiro atoms. The molecular weight excluding hydrogens is 240 g/mol. The number of aromatic nitrogens is 1. The number of nitrogens with one attached hydrogen (secondary N) is 1. The quantitative estimate of drug-likeness (QED) is 0.858. The van der Waals surface area contributed by atoms with Crippen molar-refractivity contribution in [2.75, 3.05) is 19.8 Å². The molecule has 0 unspecified atom stereocenters. The number of carbonyl (C=O) groups is 1. The third-order valence-corrected chi connectivity index (χ3v) is 3.73. The van der Waals surface area contributed by atoms with Crippen LogP contribution < -0.4 is 0 Å². The van der Waals surface area contributed by atoms with Gasteiger partial charge in [0.15, 0.2) is 6.29 Å². The molecule has 1 aliphatic rings. The zero-order valence-electron chi connectivity index (χ0n) is 11.1. The minimum absolute atomic E-state index is 0.457. The molecule has 0 radical (unpaired) electrons. The zero-order valence-corrected chi connectivity index (χ0v) is 11.1. The molecule has 1 aromatic carbocycles. The largest absolute Gasteiger partial charge is 0.379 e. The Bertz CT molecular complexity index is 591. The van der Waals surface area contributed by atoms with Crippen molar-refractivity contribution in [1.82, 2.24) is 9.88 Å². The third kappa shape index (κ3) is 2.55. The summed E-state index contributed by atoms with van der Waals surface area (Å²) in [5.41, 5.74) is 2.92. The number of carbonyl (C=O) groups excluding carboxylic acids is 1. The molecule has 3 rings (SSSR count). The number of aldehydes is 1. The van der Waals surface area contributed by atoms with Crippen molar-refractivity contribution < 1.29 is 9.53 Å². The summed E-state index contributed by atoms with van der Waals surface area (Å²) in [4.78, 5) is 16.3. The Morgan fingerprint density at radius 2 is 2.37 bits per heavy atom. The fraction of sp³-hybridized carbons (Fsp3) is 0.400. The second kappa shape index (κ2) is 5.15. The van der Waals surface area contributed by atoms with E-state index < -0.39 is 0 Å². The molecule has 1 N–H and O–H groups in total. The summed E-state index contributed by atoms with van der Waals surface area (Å²) in [6.07, 6.45) is 0.851. The number of H-pyrrole nitrogens is 1. The maximum atomic E-state index is 10.8. The lowest BCUT2D eigenvalue weighted by atomic mass is 10.1. The molecule has 0 amide bonds. The number of aromatic amines is 1. The summed E-state index contributed by atoms with van der Waals surface area (Å²) in [6.45, 7) is 5.71. The Morgan fingerprint density at radius 3 is 3.16 bits per heavy atom. The van der Waals surface area contributed by atoms with Crippen molar-refractivity contribution in [3.8, 4) is 0 Å². The Morgan fingerprint density at radius 1 is 1.47 bits per heavy atom. The van der Waals surface area contributed by atoms with E-state index >= 15 is 0 Å². The van der Waals surface area contributed by atoms with Gasteiger partial charge in [0.2, 0.25) is 0 Å². The monoisotopic (exact) mass is 258 g/mol. The molecule has 1 saturated heterocycles. The lowest BCUT2D eigenvalue weighted by molar-refractivity contribution is -0.00435. The first-order valence-corrected chi connectivity index (χ1v) is 6.65. The fourth-order valence-corrected chi connectivity index (χ4v) is 2.59. The van der Waals surface area contributed by atoms with Gasteiger partial charge in [-0.25, -0.2) is 0 Å². The summed E-state index contributed by atoms with van der Waals surface area (Å²) in [5, 5.41) is 1.08. The summed E-state index contributed by atoms with van der Waals surface area (Å²) in [6, 6.07) is 8.67. The van der Waals surface area contributed by atoms with E-state index in [1.807, 2.05) is 6.07 Å². The van der Waals surface area contributed by atoms with Crippen LogP contribution in [0.1, 0.15) is 23.0 Å². The number of hydrogen-bond acceptors (Lipinski definition) is 3. The summed E-state index contributed by atoms with van der Waals surface area (Å²) in [7, 11) is 0. The Hall–Kier alpha value is -1.65. The molecule has 0 aliphatic carbocycles. The molecule has 1 fully saturated rings. The average Bonchev–Trinajstić information content (AvgIpc) is 2.83. The van der Waals surface area contributed by atoms with Gasteiger partial charge in [-0.3, -0.25) is 9.69 Å². The van der Waals surface area contributed by atoms with Gasteiger partial charge in [-0.15, -0.1) is 0 Å². The van der Waals surface area contributed by atoms with E-state index in [1.54, 1.807) is 0 Å². The number of nitrogens with zero attached hydrogens (tertiary/aromatic N) is 1. The van der Waals surface area contributed by atoms with Crippen LogP contribution in [0.5, 0.6) is 0 Å². The molecule has 4 heteroatoms. The number of morpholine rings is 1. The smallest absolute Gasteiger partial charge is 0.166 e. The van der Waals surface area contributed by atoms with Crippen LogP contribution in [0, 0.1) is 0 Å². The summed E-state index contributed by atoms with van der Waals surface area (Å²) < 4.78 is 5.45. The second-order valence-electron chi connectivity index (χ2n) is 5.16. The van der Waals surface area contributed by atoms with Crippen molar-refractivity contribution in [2.24, 2.45) is 0 Å². The van der Waals surface area contributed by atoms with Gasteiger partial charge in [0.25, 0.3) is 0 Å². The van der Waals surface area contributed by atoms with Crippen LogP contribution in [0.4, 0.5) is 0 Å². The standard InChI is InChI=1S/C15H18N2O2/c1-11-10-19-5-4-17(11)8-12-2-3-13-7-14(9-18)16-15(13)6-12/h2-3,6-7,9,11,16H,4-5,8,10H2,1H3/t11-/m0/s1. The molecule has 1 aromatic heterocycles. The van der Waals surface area contributed by atoms with Crippen LogP contribution >= 0.6 is 0 Å². The molecular formula is C15H18N2O2. The van der Waals surface area contributed by atoms with Gasteiger partial charge in [0, 0.05) is 30.0 Å². The van der Waals surface area contributed by atoms with Gasteiger partial charge in [-0.2, -0.15) is 0 Å². The topological polar surface area (TPSA) is 45.3 Å². The van der Waals surface area contributed by atoms with Gasteiger partial charge in [0.05, 0.1) is 18.9 Å². The second-order valence-corrected chi connectivity index (χ2v) is 5.16. The lowest BCUT2D eigenvalue weighted by Gasteiger charge is -2.33. The number of ether oxygens (including phenoxy) is 1. The highest BCUT2D eigenvalue weighted by molar-refractivity contribution is 5.88. The number of fused-ring (bicyclic) bond motifs is 1. The molecule has 2 aromatic rings. The maximum Gasteiger partial charge on any atom is 0.166 e. The van der Waals surface area contributed by atoms with E-state index in [2.05, 4.69) is 35.0 Å². The first kappa shape index (κ1) is 12.4. The van der Waals surface area contributed by atoms with Gasteiger partial charge < -0.3 is 9.72 Å². The minimum atomic E-state index is 0.457. The summed E-state index contributed by atoms with van der Waals surface area (Å²) in [5.74, 6) is 0. The minimum Gasteiger partial charge on any atom is -0.379 e. The van der Waals surface area contributed by atoms with E-state index in [-0.39, 0.29) is 0 Å². The normalized spacial score (nSPS) is 20.8. The Balaban J connectivity index is 1.82. The van der Waals surface area contributed by atoms with Crippen molar-refractivity contribution in [3.05, 3.63) is 35.5 Å². The first-order valence-electron chi connectivity index (χ1n) is 6.65. The van der Waals surface area contributed by atoms with Gasteiger partial charge in [0.1, 0.15) is 0 Å². The van der Waals surface area contributed by atoms with Gasteiger partial charge in [-0.05, 0) is 24.6 Å². The van der Waals surface area contributed by atoms with Crippen LogP contribution in [-0.2, 0) is 11.3 Å². The molecule has 2 heterocycles. The average molecular weight is 258 g/mol. The van der Waals surface area contributed by atoms with Crippen LogP contribution in [-0.4, -0.2) is 42.0 Å². The molecule has 4 nitrogen and oxygen atoms in total. The molecule has 0 saturated carbocycles. The number of rotatable bonds is 3. The Kier molecular flexibility index (Phi) is 3.36. The van der Waals surface area contributed by atoms with Crippen molar-refractivity contribution in [2.45, 2.75) is 19.5 Å². The van der Waals surface area contributed by atoms with Gasteiger partial charge >= 0.3 is 0 Å².